The van der Waals surface area contributed by atoms with E-state index in [-0.39, 0.29) is 11.9 Å². The standard InChI is InChI=1S/C10H11BrFNO2/c1-14-13-9-2-3-15-10-7(9)4-6(11)5-8(10)12/h4-5,9,13H,2-3H2,1H3. The molecule has 2 rings (SSSR count). The van der Waals surface area contributed by atoms with Gasteiger partial charge >= 0.3 is 0 Å². The van der Waals surface area contributed by atoms with E-state index >= 15 is 0 Å². The second-order valence-electron chi connectivity index (χ2n) is 3.32. The van der Waals surface area contributed by atoms with E-state index in [4.69, 9.17) is 9.57 Å². The first kappa shape index (κ1) is 10.9. The van der Waals surface area contributed by atoms with Crippen molar-refractivity contribution in [2.24, 2.45) is 0 Å². The molecule has 0 saturated heterocycles. The van der Waals surface area contributed by atoms with Crippen LogP contribution in [0.4, 0.5) is 4.39 Å². The molecule has 5 heteroatoms. The van der Waals surface area contributed by atoms with Crippen molar-refractivity contribution in [3.8, 4) is 5.75 Å². The minimum atomic E-state index is -0.345. The van der Waals surface area contributed by atoms with E-state index in [1.165, 1.54) is 6.07 Å². The fraction of sp³-hybridized carbons (Fsp3) is 0.400. The fourth-order valence-electron chi connectivity index (χ4n) is 1.69. The Morgan fingerprint density at radius 3 is 3.13 bits per heavy atom. The Balaban J connectivity index is 2.41. The summed E-state index contributed by atoms with van der Waals surface area (Å²) >= 11 is 3.26. The van der Waals surface area contributed by atoms with Gasteiger partial charge in [-0.25, -0.2) is 4.39 Å². The smallest absolute Gasteiger partial charge is 0.166 e. The summed E-state index contributed by atoms with van der Waals surface area (Å²) in [5.41, 5.74) is 3.61. The third-order valence-corrected chi connectivity index (χ3v) is 2.78. The lowest BCUT2D eigenvalue weighted by molar-refractivity contribution is 0.0455. The van der Waals surface area contributed by atoms with E-state index in [2.05, 4.69) is 21.4 Å². The minimum Gasteiger partial charge on any atom is -0.490 e. The molecule has 1 aliphatic rings. The third-order valence-electron chi connectivity index (χ3n) is 2.33. The number of hydroxylamine groups is 1. The summed E-state index contributed by atoms with van der Waals surface area (Å²) in [7, 11) is 1.55. The largest absolute Gasteiger partial charge is 0.490 e. The number of hydrogen-bond donors (Lipinski definition) is 1. The molecule has 3 nitrogen and oxygen atoms in total. The van der Waals surface area contributed by atoms with Gasteiger partial charge in [0.1, 0.15) is 0 Å². The summed E-state index contributed by atoms with van der Waals surface area (Å²) in [6.45, 7) is 0.493. The van der Waals surface area contributed by atoms with Crippen LogP contribution in [0.3, 0.4) is 0 Å². The van der Waals surface area contributed by atoms with Crippen LogP contribution in [-0.2, 0) is 4.84 Å². The van der Waals surface area contributed by atoms with Gasteiger partial charge in [-0.05, 0) is 12.1 Å². The van der Waals surface area contributed by atoms with E-state index in [0.29, 0.717) is 16.8 Å². The number of halogens is 2. The van der Waals surface area contributed by atoms with Gasteiger partial charge in [-0.15, -0.1) is 0 Å². The molecule has 0 fully saturated rings. The van der Waals surface area contributed by atoms with Crippen molar-refractivity contribution in [1.29, 1.82) is 0 Å². The van der Waals surface area contributed by atoms with Crippen molar-refractivity contribution in [1.82, 2.24) is 5.48 Å². The van der Waals surface area contributed by atoms with Crippen molar-refractivity contribution < 1.29 is 14.0 Å². The Labute approximate surface area is 95.6 Å². The Hall–Kier alpha value is -0.650. The molecule has 1 unspecified atom stereocenters. The number of fused-ring (bicyclic) bond motifs is 1. The number of hydrogen-bond acceptors (Lipinski definition) is 3. The number of rotatable bonds is 2. The normalized spacial score (nSPS) is 19.5. The van der Waals surface area contributed by atoms with Crippen LogP contribution in [0.1, 0.15) is 18.0 Å². The van der Waals surface area contributed by atoms with Gasteiger partial charge in [0, 0.05) is 16.5 Å². The highest BCUT2D eigenvalue weighted by molar-refractivity contribution is 9.10. The number of benzene rings is 1. The van der Waals surface area contributed by atoms with Crippen LogP contribution >= 0.6 is 15.9 Å². The van der Waals surface area contributed by atoms with Crippen molar-refractivity contribution in [2.75, 3.05) is 13.7 Å². The van der Waals surface area contributed by atoms with Crippen LogP contribution in [0.25, 0.3) is 0 Å². The predicted molar refractivity (Wildman–Crippen MR) is 57.1 cm³/mol. The molecule has 1 aliphatic heterocycles. The first-order valence-corrected chi connectivity index (χ1v) is 5.42. The zero-order valence-electron chi connectivity index (χ0n) is 8.22. The maximum Gasteiger partial charge on any atom is 0.166 e. The first-order chi connectivity index (χ1) is 7.22. The summed E-state index contributed by atoms with van der Waals surface area (Å²) in [5, 5.41) is 0. The average molecular weight is 276 g/mol. The van der Waals surface area contributed by atoms with Crippen LogP contribution in [0.15, 0.2) is 16.6 Å². The highest BCUT2D eigenvalue weighted by atomic mass is 79.9. The summed E-state index contributed by atoms with van der Waals surface area (Å²) in [4.78, 5) is 4.87. The van der Waals surface area contributed by atoms with Gasteiger partial charge in [0.25, 0.3) is 0 Å². The van der Waals surface area contributed by atoms with Crippen molar-refractivity contribution in [3.05, 3.63) is 28.0 Å². The molecule has 1 aromatic rings. The lowest BCUT2D eigenvalue weighted by Gasteiger charge is -2.26. The van der Waals surface area contributed by atoms with Gasteiger partial charge in [-0.3, -0.25) is 0 Å². The Bertz CT molecular complexity index is 373. The topological polar surface area (TPSA) is 30.5 Å². The second-order valence-corrected chi connectivity index (χ2v) is 4.23. The molecule has 0 bridgehead atoms. The molecule has 0 radical (unpaired) electrons. The molecule has 1 aromatic carbocycles. The zero-order chi connectivity index (χ0) is 10.8. The highest BCUT2D eigenvalue weighted by Gasteiger charge is 2.24. The van der Waals surface area contributed by atoms with Gasteiger partial charge in [-0.2, -0.15) is 5.48 Å². The summed E-state index contributed by atoms with van der Waals surface area (Å²) in [6, 6.07) is 3.22. The van der Waals surface area contributed by atoms with Crippen molar-refractivity contribution >= 4 is 15.9 Å². The monoisotopic (exact) mass is 275 g/mol. The fourth-order valence-corrected chi connectivity index (χ4v) is 2.14. The van der Waals surface area contributed by atoms with Gasteiger partial charge in [0.2, 0.25) is 0 Å². The molecule has 0 aliphatic carbocycles. The third kappa shape index (κ3) is 2.14. The number of ether oxygens (including phenoxy) is 1. The highest BCUT2D eigenvalue weighted by Crippen LogP contribution is 2.36. The first-order valence-electron chi connectivity index (χ1n) is 4.62. The van der Waals surface area contributed by atoms with Gasteiger partial charge in [-0.1, -0.05) is 15.9 Å². The van der Waals surface area contributed by atoms with Crippen LogP contribution in [0, 0.1) is 5.82 Å². The quantitative estimate of drug-likeness (QED) is 0.842. The van der Waals surface area contributed by atoms with E-state index in [1.807, 2.05) is 6.07 Å². The van der Waals surface area contributed by atoms with E-state index < -0.39 is 0 Å². The maximum atomic E-state index is 13.5. The summed E-state index contributed by atoms with van der Waals surface area (Å²) in [5.74, 6) is -0.0269. The molecule has 1 heterocycles. The summed E-state index contributed by atoms with van der Waals surface area (Å²) < 4.78 is 19.5. The number of nitrogens with one attached hydrogen (secondary N) is 1. The molecule has 0 amide bonds. The van der Waals surface area contributed by atoms with Crippen molar-refractivity contribution in [3.63, 3.8) is 0 Å². The van der Waals surface area contributed by atoms with E-state index in [1.54, 1.807) is 7.11 Å². The average Bonchev–Trinajstić information content (AvgIpc) is 2.19. The van der Waals surface area contributed by atoms with Gasteiger partial charge < -0.3 is 9.57 Å². The molecule has 0 saturated carbocycles. The molecule has 0 spiro atoms. The Kier molecular flexibility index (Phi) is 3.23. The van der Waals surface area contributed by atoms with E-state index in [9.17, 15) is 4.39 Å². The molecular weight excluding hydrogens is 265 g/mol. The zero-order valence-corrected chi connectivity index (χ0v) is 9.80. The lowest BCUT2D eigenvalue weighted by Crippen LogP contribution is -2.26. The molecule has 1 N–H and O–H groups in total. The summed E-state index contributed by atoms with van der Waals surface area (Å²) in [6.07, 6.45) is 0.761. The van der Waals surface area contributed by atoms with Crippen LogP contribution in [0.5, 0.6) is 5.75 Å². The predicted octanol–water partition coefficient (Wildman–Crippen LogP) is 2.56. The van der Waals surface area contributed by atoms with Gasteiger partial charge in [0.15, 0.2) is 11.6 Å². The Morgan fingerprint density at radius 1 is 1.60 bits per heavy atom. The molecule has 15 heavy (non-hydrogen) atoms. The molecule has 1 atom stereocenters. The van der Waals surface area contributed by atoms with Crippen LogP contribution in [0.2, 0.25) is 0 Å². The van der Waals surface area contributed by atoms with Gasteiger partial charge in [0.05, 0.1) is 19.8 Å². The van der Waals surface area contributed by atoms with Crippen LogP contribution in [-0.4, -0.2) is 13.7 Å². The Morgan fingerprint density at radius 2 is 2.40 bits per heavy atom. The second kappa shape index (κ2) is 4.47. The molecular formula is C10H11BrFNO2. The van der Waals surface area contributed by atoms with E-state index in [0.717, 1.165) is 12.0 Å². The van der Waals surface area contributed by atoms with Crippen LogP contribution < -0.4 is 10.2 Å². The maximum absolute atomic E-state index is 13.5. The molecule has 0 aromatic heterocycles. The van der Waals surface area contributed by atoms with Crippen molar-refractivity contribution in [2.45, 2.75) is 12.5 Å². The minimum absolute atomic E-state index is 0.0225. The molecule has 82 valence electrons. The SMILES string of the molecule is CONC1CCOc2c(F)cc(Br)cc21. The lowest BCUT2D eigenvalue weighted by atomic mass is 10.0.